The van der Waals surface area contributed by atoms with Crippen LogP contribution in [-0.4, -0.2) is 50.2 Å². The molecule has 5 N–H and O–H groups in total. The quantitative estimate of drug-likeness (QED) is 0.323. The minimum absolute atomic E-state index is 0. The highest BCUT2D eigenvalue weighted by atomic mass is 32.2. The summed E-state index contributed by atoms with van der Waals surface area (Å²) in [6.45, 7) is 3.31. The molecule has 0 bridgehead atoms. The molecule has 1 fully saturated rings. The fourth-order valence-corrected chi connectivity index (χ4v) is 4.54. The highest BCUT2D eigenvalue weighted by molar-refractivity contribution is 8.00. The van der Waals surface area contributed by atoms with Gasteiger partial charge in [0.2, 0.25) is 5.95 Å². The van der Waals surface area contributed by atoms with Gasteiger partial charge in [-0.05, 0) is 66.9 Å². The first-order valence-electron chi connectivity index (χ1n) is 12.1. The molecule has 0 aliphatic carbocycles. The summed E-state index contributed by atoms with van der Waals surface area (Å²) in [5, 5.41) is 9.71. The van der Waals surface area contributed by atoms with Crippen molar-refractivity contribution in [1.29, 1.82) is 5.26 Å². The standard InChI is InChI=1S/C28H26N6O2S.2H2O/c1-19-8-12-31-28(32-19)34-37-24-5-2-20(3-6-24)16-27-30-13-9-25(33-27)21-4-7-26(22(17-21)18-29)36-23-10-14-35-15-11-23;;/h2-9,12-13,17,23H,10-11,14-16H2,1H3,(H,31,32,34);2*1H2. The molecule has 1 saturated heterocycles. The largest absolute Gasteiger partial charge is 0.489 e. The number of anilines is 1. The molecule has 10 nitrogen and oxygen atoms in total. The monoisotopic (exact) mass is 546 g/mol. The Kier molecular flexibility index (Phi) is 10.7. The van der Waals surface area contributed by atoms with Crippen LogP contribution in [0, 0.1) is 18.3 Å². The Morgan fingerprint density at radius 1 is 1.00 bits per heavy atom. The predicted molar refractivity (Wildman–Crippen MR) is 149 cm³/mol. The van der Waals surface area contributed by atoms with Crippen molar-refractivity contribution in [1.82, 2.24) is 19.9 Å². The third-order valence-corrected chi connectivity index (χ3v) is 6.70. The lowest BCUT2D eigenvalue weighted by atomic mass is 10.1. The number of benzene rings is 2. The first-order chi connectivity index (χ1) is 18.2. The van der Waals surface area contributed by atoms with Crippen LogP contribution < -0.4 is 9.46 Å². The second-order valence-corrected chi connectivity index (χ2v) is 9.54. The summed E-state index contributed by atoms with van der Waals surface area (Å²) < 4.78 is 14.6. The third kappa shape index (κ3) is 7.95. The van der Waals surface area contributed by atoms with Crippen molar-refractivity contribution in [2.24, 2.45) is 0 Å². The number of aromatic nitrogens is 4. The fraction of sp³-hybridized carbons (Fsp3) is 0.250. The summed E-state index contributed by atoms with van der Waals surface area (Å²) in [6.07, 6.45) is 5.83. The summed E-state index contributed by atoms with van der Waals surface area (Å²) in [5.74, 6) is 1.90. The SMILES string of the molecule is Cc1ccnc(NSc2ccc(Cc3nccc(-c4ccc(OC5CCOCC5)c(C#N)c4)n3)cc2)n1.O.O. The van der Waals surface area contributed by atoms with Crippen LogP contribution in [-0.2, 0) is 11.2 Å². The molecule has 11 heteroatoms. The molecule has 1 aliphatic rings. The van der Waals surface area contributed by atoms with E-state index in [-0.39, 0.29) is 17.1 Å². The average molecular weight is 547 g/mol. The molecule has 39 heavy (non-hydrogen) atoms. The van der Waals surface area contributed by atoms with Crippen molar-refractivity contribution in [3.8, 4) is 23.1 Å². The number of nitrogens with zero attached hydrogens (tertiary/aromatic N) is 5. The lowest BCUT2D eigenvalue weighted by Gasteiger charge is -2.23. The summed E-state index contributed by atoms with van der Waals surface area (Å²) >= 11 is 1.46. The summed E-state index contributed by atoms with van der Waals surface area (Å²) in [7, 11) is 0. The Bertz CT molecular complexity index is 1410. The minimum atomic E-state index is 0. The number of rotatable bonds is 8. The van der Waals surface area contributed by atoms with Gasteiger partial charge in [-0.3, -0.25) is 4.72 Å². The number of nitrogens with one attached hydrogen (secondary N) is 1. The van der Waals surface area contributed by atoms with Crippen molar-refractivity contribution < 1.29 is 20.4 Å². The zero-order chi connectivity index (χ0) is 25.5. The number of aryl methyl sites for hydroxylation is 1. The molecule has 3 heterocycles. The molecule has 0 saturated carbocycles. The maximum absolute atomic E-state index is 9.71. The Hall–Kier alpha value is -4.08. The Morgan fingerprint density at radius 2 is 1.77 bits per heavy atom. The van der Waals surface area contributed by atoms with E-state index >= 15 is 0 Å². The smallest absolute Gasteiger partial charge is 0.233 e. The number of ether oxygens (including phenoxy) is 2. The second kappa shape index (κ2) is 14.2. The topological polar surface area (TPSA) is 169 Å². The van der Waals surface area contributed by atoms with Gasteiger partial charge in [-0.2, -0.15) is 5.26 Å². The molecular weight excluding hydrogens is 516 g/mol. The average Bonchev–Trinajstić information content (AvgIpc) is 2.94. The van der Waals surface area contributed by atoms with Crippen LogP contribution in [0.3, 0.4) is 0 Å². The van der Waals surface area contributed by atoms with Crippen molar-refractivity contribution in [2.75, 3.05) is 17.9 Å². The van der Waals surface area contributed by atoms with Gasteiger partial charge in [0.15, 0.2) is 0 Å². The molecule has 2 aromatic heterocycles. The summed E-state index contributed by atoms with van der Waals surface area (Å²) in [5.41, 5.74) is 4.15. The fourth-order valence-electron chi connectivity index (χ4n) is 3.96. The zero-order valence-electron chi connectivity index (χ0n) is 21.4. The molecular formula is C28H30N6O4S. The van der Waals surface area contributed by atoms with Gasteiger partial charge < -0.3 is 20.4 Å². The summed E-state index contributed by atoms with van der Waals surface area (Å²) in [6, 6.07) is 19.8. The van der Waals surface area contributed by atoms with Crippen LogP contribution in [0.5, 0.6) is 5.75 Å². The van der Waals surface area contributed by atoms with Crippen LogP contribution in [0.4, 0.5) is 5.95 Å². The first kappa shape index (κ1) is 29.5. The Balaban J connectivity index is 0.00000210. The molecule has 0 amide bonds. The molecule has 5 rings (SSSR count). The normalized spacial score (nSPS) is 12.9. The van der Waals surface area contributed by atoms with E-state index in [0.29, 0.717) is 42.7 Å². The van der Waals surface area contributed by atoms with E-state index in [0.717, 1.165) is 40.3 Å². The lowest BCUT2D eigenvalue weighted by Crippen LogP contribution is -2.26. The maximum Gasteiger partial charge on any atom is 0.233 e. The van der Waals surface area contributed by atoms with Crippen LogP contribution in [0.25, 0.3) is 11.3 Å². The molecule has 0 radical (unpaired) electrons. The van der Waals surface area contributed by atoms with E-state index < -0.39 is 0 Å². The Labute approximate surface area is 231 Å². The number of nitriles is 1. The van der Waals surface area contributed by atoms with E-state index in [1.54, 1.807) is 12.4 Å². The van der Waals surface area contributed by atoms with Gasteiger partial charge in [-0.15, -0.1) is 0 Å². The van der Waals surface area contributed by atoms with Crippen LogP contribution in [0.2, 0.25) is 0 Å². The van der Waals surface area contributed by atoms with Crippen molar-refractivity contribution >= 4 is 17.9 Å². The van der Waals surface area contributed by atoms with Crippen LogP contribution in [0.15, 0.2) is 71.9 Å². The van der Waals surface area contributed by atoms with E-state index in [1.165, 1.54) is 11.9 Å². The highest BCUT2D eigenvalue weighted by Gasteiger charge is 2.17. The van der Waals surface area contributed by atoms with Gasteiger partial charge in [0.05, 0.1) is 24.5 Å². The molecule has 0 atom stereocenters. The second-order valence-electron chi connectivity index (χ2n) is 8.66. The van der Waals surface area contributed by atoms with Gasteiger partial charge in [0, 0.05) is 47.8 Å². The zero-order valence-corrected chi connectivity index (χ0v) is 22.2. The van der Waals surface area contributed by atoms with Crippen molar-refractivity contribution in [3.63, 3.8) is 0 Å². The van der Waals surface area contributed by atoms with Gasteiger partial charge in [0.1, 0.15) is 23.7 Å². The summed E-state index contributed by atoms with van der Waals surface area (Å²) in [4.78, 5) is 18.8. The minimum Gasteiger partial charge on any atom is -0.489 e. The number of hydrogen-bond acceptors (Lipinski definition) is 9. The molecule has 0 unspecified atom stereocenters. The molecule has 202 valence electrons. The first-order valence-corrected chi connectivity index (χ1v) is 12.9. The number of hydrogen-bond donors (Lipinski definition) is 1. The highest BCUT2D eigenvalue weighted by Crippen LogP contribution is 2.28. The molecule has 4 aromatic rings. The maximum atomic E-state index is 9.71. The Morgan fingerprint density at radius 3 is 2.51 bits per heavy atom. The van der Waals surface area contributed by atoms with E-state index in [9.17, 15) is 5.26 Å². The third-order valence-electron chi connectivity index (χ3n) is 5.90. The van der Waals surface area contributed by atoms with Gasteiger partial charge in [-0.25, -0.2) is 19.9 Å². The van der Waals surface area contributed by atoms with E-state index in [2.05, 4.69) is 37.9 Å². The lowest BCUT2D eigenvalue weighted by molar-refractivity contribution is 0.0254. The van der Waals surface area contributed by atoms with Crippen molar-refractivity contribution in [2.45, 2.75) is 37.2 Å². The van der Waals surface area contributed by atoms with Crippen molar-refractivity contribution in [3.05, 3.63) is 89.6 Å². The van der Waals surface area contributed by atoms with Crippen LogP contribution >= 0.6 is 11.9 Å². The predicted octanol–water partition coefficient (Wildman–Crippen LogP) is 3.73. The van der Waals surface area contributed by atoms with Gasteiger partial charge in [-0.1, -0.05) is 12.1 Å². The van der Waals surface area contributed by atoms with Gasteiger partial charge in [0.25, 0.3) is 0 Å². The van der Waals surface area contributed by atoms with Crippen LogP contribution in [0.1, 0.15) is 35.5 Å². The van der Waals surface area contributed by atoms with E-state index in [1.807, 2.05) is 49.4 Å². The van der Waals surface area contributed by atoms with Gasteiger partial charge >= 0.3 is 0 Å². The molecule has 1 aliphatic heterocycles. The van der Waals surface area contributed by atoms with E-state index in [4.69, 9.17) is 14.5 Å². The molecule has 2 aromatic carbocycles. The molecule has 0 spiro atoms.